The van der Waals surface area contributed by atoms with Crippen LogP contribution in [0.25, 0.3) is 0 Å². The van der Waals surface area contributed by atoms with Crippen molar-refractivity contribution in [2.45, 2.75) is 33.2 Å². The third-order valence-electron chi connectivity index (χ3n) is 4.17. The van der Waals surface area contributed by atoms with Gasteiger partial charge in [-0.2, -0.15) is 0 Å². The Morgan fingerprint density at radius 1 is 1.44 bits per heavy atom. The maximum atomic E-state index is 12.2. The maximum absolute atomic E-state index is 12.2. The van der Waals surface area contributed by atoms with Crippen molar-refractivity contribution in [1.29, 1.82) is 0 Å². The van der Waals surface area contributed by atoms with Gasteiger partial charge < -0.3 is 16.0 Å². The Bertz CT molecular complexity index is 591. The molecular formula is C18H29N5O2. The van der Waals surface area contributed by atoms with Gasteiger partial charge in [0.2, 0.25) is 11.8 Å². The molecule has 2 heterocycles. The molecule has 7 heteroatoms. The highest BCUT2D eigenvalue weighted by molar-refractivity contribution is 5.88. The lowest BCUT2D eigenvalue weighted by molar-refractivity contribution is -0.134. The molecule has 3 N–H and O–H groups in total. The van der Waals surface area contributed by atoms with Crippen LogP contribution in [0.4, 0.5) is 5.82 Å². The van der Waals surface area contributed by atoms with Gasteiger partial charge in [0.25, 0.3) is 0 Å². The van der Waals surface area contributed by atoms with Crippen molar-refractivity contribution in [2.24, 2.45) is 5.92 Å². The van der Waals surface area contributed by atoms with E-state index < -0.39 is 0 Å². The SMILES string of the molecule is Cc1cccnc1NCCNC(=O)C[C@H]1C(=O)NCCN1CC(C)C. The number of anilines is 1. The van der Waals surface area contributed by atoms with E-state index in [4.69, 9.17) is 0 Å². The third-order valence-corrected chi connectivity index (χ3v) is 4.17. The number of rotatable bonds is 8. The van der Waals surface area contributed by atoms with Gasteiger partial charge in [0.05, 0.1) is 12.5 Å². The number of aryl methyl sites for hydroxylation is 1. The Morgan fingerprint density at radius 2 is 2.24 bits per heavy atom. The van der Waals surface area contributed by atoms with Crippen molar-refractivity contribution in [2.75, 3.05) is 38.0 Å². The van der Waals surface area contributed by atoms with E-state index in [0.29, 0.717) is 25.6 Å². The van der Waals surface area contributed by atoms with Crippen molar-refractivity contribution in [3.8, 4) is 0 Å². The van der Waals surface area contributed by atoms with Gasteiger partial charge in [-0.1, -0.05) is 19.9 Å². The third kappa shape index (κ3) is 6.01. The van der Waals surface area contributed by atoms with Gasteiger partial charge in [0.15, 0.2) is 0 Å². The van der Waals surface area contributed by atoms with E-state index in [1.54, 1.807) is 6.20 Å². The zero-order chi connectivity index (χ0) is 18.2. The van der Waals surface area contributed by atoms with Gasteiger partial charge in [0, 0.05) is 38.9 Å². The van der Waals surface area contributed by atoms with Crippen molar-refractivity contribution >= 4 is 17.6 Å². The highest BCUT2D eigenvalue weighted by Crippen LogP contribution is 2.12. The van der Waals surface area contributed by atoms with Crippen LogP contribution in [0.2, 0.25) is 0 Å². The van der Waals surface area contributed by atoms with E-state index in [9.17, 15) is 9.59 Å². The molecule has 138 valence electrons. The molecule has 2 rings (SSSR count). The minimum absolute atomic E-state index is 0.0516. The number of hydrogen-bond donors (Lipinski definition) is 3. The summed E-state index contributed by atoms with van der Waals surface area (Å²) < 4.78 is 0. The second-order valence-corrected chi connectivity index (χ2v) is 6.85. The van der Waals surface area contributed by atoms with E-state index >= 15 is 0 Å². The van der Waals surface area contributed by atoms with Crippen LogP contribution in [-0.4, -0.2) is 60.5 Å². The van der Waals surface area contributed by atoms with Crippen LogP contribution >= 0.6 is 0 Å². The van der Waals surface area contributed by atoms with Gasteiger partial charge in [0.1, 0.15) is 5.82 Å². The standard InChI is InChI=1S/C18H29N5O2/c1-13(2)12-23-10-9-22-18(25)15(23)11-16(24)19-7-8-21-17-14(3)5-4-6-20-17/h4-6,13,15H,7-12H2,1-3H3,(H,19,24)(H,20,21)(H,22,25)/t15-/m0/s1. The van der Waals surface area contributed by atoms with Gasteiger partial charge >= 0.3 is 0 Å². The molecule has 0 unspecified atom stereocenters. The van der Waals surface area contributed by atoms with Crippen molar-refractivity contribution < 1.29 is 9.59 Å². The summed E-state index contributed by atoms with van der Waals surface area (Å²) in [6.07, 6.45) is 1.93. The number of nitrogens with zero attached hydrogens (tertiary/aromatic N) is 2. The summed E-state index contributed by atoms with van der Waals surface area (Å²) in [7, 11) is 0. The summed E-state index contributed by atoms with van der Waals surface area (Å²) in [6.45, 7) is 9.58. The van der Waals surface area contributed by atoms with Gasteiger partial charge in [-0.3, -0.25) is 14.5 Å². The van der Waals surface area contributed by atoms with Crippen LogP contribution in [0, 0.1) is 12.8 Å². The Balaban J connectivity index is 1.76. The fourth-order valence-corrected chi connectivity index (χ4v) is 2.97. The molecule has 1 aliphatic rings. The average molecular weight is 347 g/mol. The minimum atomic E-state index is -0.373. The van der Waals surface area contributed by atoms with E-state index in [-0.39, 0.29) is 24.3 Å². The number of hydrogen-bond acceptors (Lipinski definition) is 5. The molecule has 0 aliphatic carbocycles. The predicted octanol–water partition coefficient (Wildman–Crippen LogP) is 0.765. The van der Waals surface area contributed by atoms with Gasteiger partial charge in [-0.25, -0.2) is 4.98 Å². The van der Waals surface area contributed by atoms with E-state index in [1.807, 2.05) is 19.1 Å². The first kappa shape index (κ1) is 19.2. The second-order valence-electron chi connectivity index (χ2n) is 6.85. The van der Waals surface area contributed by atoms with Crippen LogP contribution in [0.15, 0.2) is 18.3 Å². The average Bonchev–Trinajstić information content (AvgIpc) is 2.56. The lowest BCUT2D eigenvalue weighted by atomic mass is 10.1. The normalized spacial score (nSPS) is 18.1. The number of nitrogens with one attached hydrogen (secondary N) is 3. The van der Waals surface area contributed by atoms with Crippen LogP contribution in [0.1, 0.15) is 25.8 Å². The fourth-order valence-electron chi connectivity index (χ4n) is 2.97. The molecule has 0 radical (unpaired) electrons. The fraction of sp³-hybridized carbons (Fsp3) is 0.611. The Hall–Kier alpha value is -2.15. The first-order chi connectivity index (χ1) is 12.0. The lowest BCUT2D eigenvalue weighted by Gasteiger charge is -2.35. The number of piperazine rings is 1. The van der Waals surface area contributed by atoms with E-state index in [0.717, 1.165) is 24.5 Å². The van der Waals surface area contributed by atoms with Crippen LogP contribution < -0.4 is 16.0 Å². The first-order valence-corrected chi connectivity index (χ1v) is 8.91. The van der Waals surface area contributed by atoms with Gasteiger partial charge in [-0.05, 0) is 24.5 Å². The maximum Gasteiger partial charge on any atom is 0.237 e. The number of amides is 2. The summed E-state index contributed by atoms with van der Waals surface area (Å²) in [6, 6.07) is 3.50. The molecule has 1 aliphatic heterocycles. The molecular weight excluding hydrogens is 318 g/mol. The molecule has 0 spiro atoms. The molecule has 0 bridgehead atoms. The molecule has 1 atom stereocenters. The van der Waals surface area contributed by atoms with Crippen LogP contribution in [0.3, 0.4) is 0 Å². The van der Waals surface area contributed by atoms with E-state index in [1.165, 1.54) is 0 Å². The highest BCUT2D eigenvalue weighted by atomic mass is 16.2. The quantitative estimate of drug-likeness (QED) is 0.605. The summed E-state index contributed by atoms with van der Waals surface area (Å²) in [4.78, 5) is 30.7. The largest absolute Gasteiger partial charge is 0.368 e. The molecule has 0 saturated carbocycles. The monoisotopic (exact) mass is 347 g/mol. The van der Waals surface area contributed by atoms with E-state index in [2.05, 4.69) is 39.7 Å². The zero-order valence-corrected chi connectivity index (χ0v) is 15.3. The van der Waals surface area contributed by atoms with Crippen LogP contribution in [-0.2, 0) is 9.59 Å². The number of carbonyl (C=O) groups excluding carboxylic acids is 2. The lowest BCUT2D eigenvalue weighted by Crippen LogP contribution is -2.57. The molecule has 0 aromatic carbocycles. The van der Waals surface area contributed by atoms with Crippen molar-refractivity contribution in [3.63, 3.8) is 0 Å². The zero-order valence-electron chi connectivity index (χ0n) is 15.3. The van der Waals surface area contributed by atoms with Crippen molar-refractivity contribution in [1.82, 2.24) is 20.5 Å². The number of carbonyl (C=O) groups is 2. The molecule has 1 aromatic rings. The van der Waals surface area contributed by atoms with Gasteiger partial charge in [-0.15, -0.1) is 0 Å². The summed E-state index contributed by atoms with van der Waals surface area (Å²) in [5.74, 6) is 1.13. The minimum Gasteiger partial charge on any atom is -0.368 e. The molecule has 1 fully saturated rings. The Kier molecular flexibility index (Phi) is 7.18. The summed E-state index contributed by atoms with van der Waals surface area (Å²) in [5, 5.41) is 8.93. The smallest absolute Gasteiger partial charge is 0.237 e. The number of aromatic nitrogens is 1. The molecule has 1 aromatic heterocycles. The summed E-state index contributed by atoms with van der Waals surface area (Å²) in [5.41, 5.74) is 1.07. The second kappa shape index (κ2) is 9.36. The first-order valence-electron chi connectivity index (χ1n) is 8.91. The molecule has 2 amide bonds. The van der Waals surface area contributed by atoms with Crippen molar-refractivity contribution in [3.05, 3.63) is 23.9 Å². The molecule has 25 heavy (non-hydrogen) atoms. The Labute approximate surface area is 149 Å². The Morgan fingerprint density at radius 3 is 2.96 bits per heavy atom. The molecule has 7 nitrogen and oxygen atoms in total. The van der Waals surface area contributed by atoms with Crippen LogP contribution in [0.5, 0.6) is 0 Å². The summed E-state index contributed by atoms with van der Waals surface area (Å²) >= 11 is 0. The predicted molar refractivity (Wildman–Crippen MR) is 98.3 cm³/mol. The topological polar surface area (TPSA) is 86.4 Å². The number of pyridine rings is 1. The molecule has 1 saturated heterocycles. The highest BCUT2D eigenvalue weighted by Gasteiger charge is 2.31.